The molecular weight excluding hydrogens is 208 g/mol. The molecule has 0 bridgehead atoms. The minimum absolute atomic E-state index is 0.296. The van der Waals surface area contributed by atoms with Crippen LogP contribution < -0.4 is 11.1 Å². The summed E-state index contributed by atoms with van der Waals surface area (Å²) in [6.07, 6.45) is 0. The van der Waals surface area contributed by atoms with Crippen molar-refractivity contribution in [1.82, 2.24) is 0 Å². The molecule has 0 saturated carbocycles. The van der Waals surface area contributed by atoms with Gasteiger partial charge in [-0.25, -0.2) is 0 Å². The van der Waals surface area contributed by atoms with E-state index in [4.69, 9.17) is 5.73 Å². The lowest BCUT2D eigenvalue weighted by molar-refractivity contribution is 1.35. The number of para-hydroxylation sites is 1. The normalized spacial score (nSPS) is 18.5. The molecule has 0 spiro atoms. The molecule has 1 aliphatic rings. The SMILES string of the molecule is CN=C(N)/N=C1/Nc2ccccc2CS1. The van der Waals surface area contributed by atoms with E-state index in [2.05, 4.69) is 21.4 Å². The van der Waals surface area contributed by atoms with Crippen LogP contribution in [0.3, 0.4) is 0 Å². The number of nitrogens with one attached hydrogen (secondary N) is 1. The molecule has 0 saturated heterocycles. The summed E-state index contributed by atoms with van der Waals surface area (Å²) >= 11 is 1.63. The zero-order valence-electron chi connectivity index (χ0n) is 8.40. The first-order valence-corrected chi connectivity index (χ1v) is 5.57. The number of thioether (sulfide) groups is 1. The Morgan fingerprint density at radius 3 is 3.07 bits per heavy atom. The number of amidine groups is 1. The van der Waals surface area contributed by atoms with Crippen molar-refractivity contribution in [3.63, 3.8) is 0 Å². The van der Waals surface area contributed by atoms with Gasteiger partial charge in [-0.1, -0.05) is 30.0 Å². The molecule has 1 aliphatic heterocycles. The van der Waals surface area contributed by atoms with E-state index >= 15 is 0 Å². The summed E-state index contributed by atoms with van der Waals surface area (Å²) in [5.74, 6) is 1.21. The summed E-state index contributed by atoms with van der Waals surface area (Å²) in [4.78, 5) is 7.94. The number of benzene rings is 1. The van der Waals surface area contributed by atoms with Gasteiger partial charge in [0.25, 0.3) is 0 Å². The van der Waals surface area contributed by atoms with Crippen LogP contribution in [-0.2, 0) is 5.75 Å². The van der Waals surface area contributed by atoms with Crippen molar-refractivity contribution >= 4 is 28.6 Å². The van der Waals surface area contributed by atoms with E-state index in [0.29, 0.717) is 5.96 Å². The summed E-state index contributed by atoms with van der Waals surface area (Å²) < 4.78 is 0. The van der Waals surface area contributed by atoms with Crippen molar-refractivity contribution in [2.24, 2.45) is 15.7 Å². The lowest BCUT2D eigenvalue weighted by atomic mass is 10.2. The molecule has 0 fully saturated rings. The third-order valence-corrected chi connectivity index (χ3v) is 2.99. The van der Waals surface area contributed by atoms with Crippen molar-refractivity contribution in [1.29, 1.82) is 0 Å². The Morgan fingerprint density at radius 1 is 1.47 bits per heavy atom. The lowest BCUT2D eigenvalue weighted by Gasteiger charge is -2.18. The standard InChI is InChI=1S/C10H12N4S/c1-12-9(11)14-10-13-8-5-3-2-4-7(8)6-15-10/h2-5H,6H2,1H3,(H3,11,12,13,14). The molecule has 0 unspecified atom stereocenters. The van der Waals surface area contributed by atoms with Gasteiger partial charge in [-0.2, -0.15) is 4.99 Å². The Hall–Kier alpha value is -1.49. The van der Waals surface area contributed by atoms with Gasteiger partial charge in [0.2, 0.25) is 5.96 Å². The number of aliphatic imine (C=N–C) groups is 2. The maximum absolute atomic E-state index is 5.53. The van der Waals surface area contributed by atoms with Gasteiger partial charge in [0.15, 0.2) is 5.17 Å². The van der Waals surface area contributed by atoms with Crippen molar-refractivity contribution in [2.75, 3.05) is 12.4 Å². The fourth-order valence-electron chi connectivity index (χ4n) is 1.28. The van der Waals surface area contributed by atoms with Gasteiger partial charge in [-0.15, -0.1) is 0 Å². The number of rotatable bonds is 0. The molecule has 1 aromatic carbocycles. The average molecular weight is 220 g/mol. The van der Waals surface area contributed by atoms with Crippen molar-refractivity contribution in [2.45, 2.75) is 5.75 Å². The molecule has 0 atom stereocenters. The molecule has 1 aromatic rings. The van der Waals surface area contributed by atoms with Crippen LogP contribution in [0, 0.1) is 0 Å². The van der Waals surface area contributed by atoms with Crippen LogP contribution in [0.25, 0.3) is 0 Å². The monoisotopic (exact) mass is 220 g/mol. The Kier molecular flexibility index (Phi) is 2.91. The van der Waals surface area contributed by atoms with E-state index < -0.39 is 0 Å². The highest BCUT2D eigenvalue weighted by atomic mass is 32.2. The summed E-state index contributed by atoms with van der Waals surface area (Å²) in [6, 6.07) is 8.16. The van der Waals surface area contributed by atoms with Gasteiger partial charge in [0.1, 0.15) is 0 Å². The minimum atomic E-state index is 0.296. The highest BCUT2D eigenvalue weighted by Crippen LogP contribution is 2.27. The van der Waals surface area contributed by atoms with Crippen LogP contribution in [0.1, 0.15) is 5.56 Å². The maximum atomic E-state index is 5.53. The molecule has 0 radical (unpaired) electrons. The van der Waals surface area contributed by atoms with E-state index in [9.17, 15) is 0 Å². The van der Waals surface area contributed by atoms with Crippen LogP contribution >= 0.6 is 11.8 Å². The summed E-state index contributed by atoms with van der Waals surface area (Å²) in [5, 5.41) is 4.02. The minimum Gasteiger partial charge on any atom is -0.368 e. The Morgan fingerprint density at radius 2 is 2.27 bits per heavy atom. The highest BCUT2D eigenvalue weighted by Gasteiger charge is 2.12. The van der Waals surface area contributed by atoms with Crippen LogP contribution in [0.2, 0.25) is 0 Å². The maximum Gasteiger partial charge on any atom is 0.217 e. The zero-order chi connectivity index (χ0) is 10.7. The first-order chi connectivity index (χ1) is 7.29. The quantitative estimate of drug-likeness (QED) is 0.516. The van der Waals surface area contributed by atoms with E-state index in [1.54, 1.807) is 18.8 Å². The number of nitrogens with two attached hydrogens (primary N) is 1. The first kappa shape index (κ1) is 10.0. The third-order valence-electron chi connectivity index (χ3n) is 2.07. The first-order valence-electron chi connectivity index (χ1n) is 4.58. The number of anilines is 1. The Bertz CT molecular complexity index is 425. The second-order valence-electron chi connectivity index (χ2n) is 3.07. The second kappa shape index (κ2) is 4.35. The van der Waals surface area contributed by atoms with Crippen LogP contribution in [0.4, 0.5) is 5.69 Å². The molecule has 0 amide bonds. The van der Waals surface area contributed by atoms with Gasteiger partial charge in [-0.3, -0.25) is 4.99 Å². The van der Waals surface area contributed by atoms with E-state index in [1.807, 2.05) is 18.2 Å². The number of fused-ring (bicyclic) bond motifs is 1. The zero-order valence-corrected chi connectivity index (χ0v) is 9.21. The van der Waals surface area contributed by atoms with Crippen LogP contribution in [0.5, 0.6) is 0 Å². The van der Waals surface area contributed by atoms with Gasteiger partial charge in [-0.05, 0) is 11.6 Å². The van der Waals surface area contributed by atoms with Gasteiger partial charge >= 0.3 is 0 Å². The van der Waals surface area contributed by atoms with E-state index in [1.165, 1.54) is 5.56 Å². The predicted molar refractivity (Wildman–Crippen MR) is 66.3 cm³/mol. The fourth-order valence-corrected chi connectivity index (χ4v) is 2.16. The summed E-state index contributed by atoms with van der Waals surface area (Å²) in [6.45, 7) is 0. The van der Waals surface area contributed by atoms with Crippen LogP contribution in [-0.4, -0.2) is 18.2 Å². The number of guanidine groups is 1. The molecule has 1 heterocycles. The molecule has 5 heteroatoms. The molecule has 0 aromatic heterocycles. The number of hydrogen-bond acceptors (Lipinski definition) is 2. The van der Waals surface area contributed by atoms with Crippen molar-refractivity contribution < 1.29 is 0 Å². The van der Waals surface area contributed by atoms with Gasteiger partial charge in [0, 0.05) is 18.5 Å². The second-order valence-corrected chi connectivity index (χ2v) is 4.03. The van der Waals surface area contributed by atoms with Crippen molar-refractivity contribution in [3.8, 4) is 0 Å². The lowest BCUT2D eigenvalue weighted by Crippen LogP contribution is -2.19. The topological polar surface area (TPSA) is 62.8 Å². The van der Waals surface area contributed by atoms with Crippen molar-refractivity contribution in [3.05, 3.63) is 29.8 Å². The van der Waals surface area contributed by atoms with E-state index in [0.717, 1.165) is 16.6 Å². The smallest absolute Gasteiger partial charge is 0.217 e. The average Bonchev–Trinajstić information content (AvgIpc) is 2.29. The number of nitrogens with zero attached hydrogens (tertiary/aromatic N) is 2. The molecular formula is C10H12N4S. The molecule has 78 valence electrons. The summed E-state index contributed by atoms with van der Waals surface area (Å²) in [7, 11) is 1.63. The largest absolute Gasteiger partial charge is 0.368 e. The van der Waals surface area contributed by atoms with Gasteiger partial charge in [0.05, 0.1) is 0 Å². The van der Waals surface area contributed by atoms with E-state index in [-0.39, 0.29) is 0 Å². The predicted octanol–water partition coefficient (Wildman–Crippen LogP) is 1.65. The van der Waals surface area contributed by atoms with Gasteiger partial charge < -0.3 is 11.1 Å². The molecule has 3 N–H and O–H groups in total. The third kappa shape index (κ3) is 2.30. The fraction of sp³-hybridized carbons (Fsp3) is 0.200. The van der Waals surface area contributed by atoms with Crippen LogP contribution in [0.15, 0.2) is 34.3 Å². The number of hydrogen-bond donors (Lipinski definition) is 2. The molecule has 15 heavy (non-hydrogen) atoms. The Labute approximate surface area is 92.7 Å². The summed E-state index contributed by atoms with van der Waals surface area (Å²) in [5.41, 5.74) is 7.91. The highest BCUT2D eigenvalue weighted by molar-refractivity contribution is 8.13. The molecule has 2 rings (SSSR count). The molecule has 4 nitrogen and oxygen atoms in total. The molecule has 0 aliphatic carbocycles. The Balaban J connectivity index is 2.22.